The number of Topliss-reactive ketones (excluding diaryl/α,β-unsaturated/α-hetero) is 1. The van der Waals surface area contributed by atoms with E-state index in [1.54, 1.807) is 31.4 Å². The summed E-state index contributed by atoms with van der Waals surface area (Å²) in [5.41, 5.74) is 10.6. The van der Waals surface area contributed by atoms with Gasteiger partial charge in [0.1, 0.15) is 5.75 Å². The number of nitrogens with two attached hydrogens (primary N) is 1. The van der Waals surface area contributed by atoms with Crippen molar-refractivity contribution in [2.24, 2.45) is 11.1 Å². The number of fused-ring (bicyclic) bond motifs is 1. The summed E-state index contributed by atoms with van der Waals surface area (Å²) in [6, 6.07) is 12.6. The fraction of sp³-hybridized carbons (Fsp3) is 0.280. The number of ketones is 1. The number of anilines is 2. The molecule has 3 aromatic rings. The Kier molecular flexibility index (Phi) is 5.51. The minimum atomic E-state index is -0.550. The molecule has 0 bridgehead atoms. The van der Waals surface area contributed by atoms with E-state index in [9.17, 15) is 9.59 Å². The molecule has 1 aliphatic rings. The summed E-state index contributed by atoms with van der Waals surface area (Å²) in [6.45, 7) is 6.19. The summed E-state index contributed by atoms with van der Waals surface area (Å²) in [7, 11) is 1.57. The number of aryl methyl sites for hydroxylation is 1. The third-order valence-electron chi connectivity index (χ3n) is 5.84. The van der Waals surface area contributed by atoms with E-state index in [4.69, 9.17) is 22.1 Å². The van der Waals surface area contributed by atoms with Crippen LogP contribution in [0.15, 0.2) is 42.5 Å². The van der Waals surface area contributed by atoms with Gasteiger partial charge in [-0.3, -0.25) is 9.59 Å². The Hall–Kier alpha value is -3.25. The molecule has 1 amide bonds. The predicted molar refractivity (Wildman–Crippen MR) is 127 cm³/mol. The van der Waals surface area contributed by atoms with Crippen LogP contribution in [-0.4, -0.2) is 23.4 Å². The smallest absolute Gasteiger partial charge is 0.250 e. The van der Waals surface area contributed by atoms with Crippen LogP contribution in [0.3, 0.4) is 0 Å². The van der Waals surface area contributed by atoms with Crippen LogP contribution < -0.4 is 15.8 Å². The highest BCUT2D eigenvalue weighted by Gasteiger charge is 2.34. The standard InChI is InChI=1S/C25H26ClN3O3/c1-14-9-18-22(12-25(2,3)13-23(18)30)29(14)15-5-7-17(24(27)31)21(10-15)28-20-8-6-16(32-4)11-19(20)26/h5-11,28H,12-13H2,1-4H3,(H2,27,31). The van der Waals surface area contributed by atoms with Gasteiger partial charge >= 0.3 is 0 Å². The first-order chi connectivity index (χ1) is 15.1. The van der Waals surface area contributed by atoms with E-state index in [0.29, 0.717) is 34.1 Å². The number of halogens is 1. The van der Waals surface area contributed by atoms with E-state index >= 15 is 0 Å². The van der Waals surface area contributed by atoms with Gasteiger partial charge in [-0.2, -0.15) is 0 Å². The fourth-order valence-electron chi connectivity index (χ4n) is 4.37. The molecule has 0 spiro atoms. The molecule has 0 unspecified atom stereocenters. The lowest BCUT2D eigenvalue weighted by molar-refractivity contribution is 0.0910. The summed E-state index contributed by atoms with van der Waals surface area (Å²) in [6.07, 6.45) is 1.32. The average molecular weight is 452 g/mol. The highest BCUT2D eigenvalue weighted by atomic mass is 35.5. The van der Waals surface area contributed by atoms with Crippen LogP contribution in [0.4, 0.5) is 11.4 Å². The number of methoxy groups -OCH3 is 1. The topological polar surface area (TPSA) is 86.3 Å². The Balaban J connectivity index is 1.82. The molecular weight excluding hydrogens is 426 g/mol. The Morgan fingerprint density at radius 3 is 2.53 bits per heavy atom. The van der Waals surface area contributed by atoms with E-state index in [2.05, 4.69) is 23.7 Å². The summed E-state index contributed by atoms with van der Waals surface area (Å²) >= 11 is 6.40. The van der Waals surface area contributed by atoms with Crippen molar-refractivity contribution in [2.45, 2.75) is 33.6 Å². The number of rotatable bonds is 5. The van der Waals surface area contributed by atoms with Crippen LogP contribution in [0.1, 0.15) is 52.4 Å². The summed E-state index contributed by atoms with van der Waals surface area (Å²) in [5, 5.41) is 3.68. The maximum absolute atomic E-state index is 12.7. The van der Waals surface area contributed by atoms with Crippen LogP contribution in [0.25, 0.3) is 5.69 Å². The summed E-state index contributed by atoms with van der Waals surface area (Å²) in [5.74, 6) is 0.243. The second-order valence-corrected chi connectivity index (χ2v) is 9.39. The normalized spacial score (nSPS) is 14.7. The van der Waals surface area contributed by atoms with Crippen molar-refractivity contribution in [3.8, 4) is 11.4 Å². The number of hydrogen-bond donors (Lipinski definition) is 2. The molecular formula is C25H26ClN3O3. The molecule has 0 aliphatic heterocycles. The van der Waals surface area contributed by atoms with Gasteiger partial charge in [-0.15, -0.1) is 0 Å². The van der Waals surface area contributed by atoms with Crippen molar-refractivity contribution in [1.82, 2.24) is 4.57 Å². The van der Waals surface area contributed by atoms with Gasteiger partial charge in [0, 0.05) is 35.1 Å². The number of aromatic nitrogens is 1. The lowest BCUT2D eigenvalue weighted by atomic mass is 9.76. The molecule has 0 saturated carbocycles. The number of primary amides is 1. The Labute approximate surface area is 192 Å². The van der Waals surface area contributed by atoms with Crippen molar-refractivity contribution in [2.75, 3.05) is 12.4 Å². The van der Waals surface area contributed by atoms with E-state index in [-0.39, 0.29) is 11.2 Å². The minimum absolute atomic E-state index is 0.114. The lowest BCUT2D eigenvalue weighted by Gasteiger charge is -2.30. The third-order valence-corrected chi connectivity index (χ3v) is 6.16. The quantitative estimate of drug-likeness (QED) is 0.540. The summed E-state index contributed by atoms with van der Waals surface area (Å²) in [4.78, 5) is 24.8. The highest BCUT2D eigenvalue weighted by Crippen LogP contribution is 2.38. The molecule has 1 aliphatic carbocycles. The van der Waals surface area contributed by atoms with E-state index in [0.717, 1.165) is 29.1 Å². The molecule has 0 atom stereocenters. The number of benzene rings is 2. The van der Waals surface area contributed by atoms with Gasteiger partial charge in [0.2, 0.25) is 0 Å². The van der Waals surface area contributed by atoms with Gasteiger partial charge in [0.05, 0.1) is 29.1 Å². The zero-order valence-corrected chi connectivity index (χ0v) is 19.3. The molecule has 7 heteroatoms. The molecule has 6 nitrogen and oxygen atoms in total. The molecule has 0 saturated heterocycles. The maximum Gasteiger partial charge on any atom is 0.250 e. The van der Waals surface area contributed by atoms with Crippen LogP contribution in [0, 0.1) is 12.3 Å². The molecule has 3 N–H and O–H groups in total. The highest BCUT2D eigenvalue weighted by molar-refractivity contribution is 6.33. The minimum Gasteiger partial charge on any atom is -0.497 e. The fourth-order valence-corrected chi connectivity index (χ4v) is 4.59. The molecule has 1 aromatic heterocycles. The number of carbonyl (C=O) groups excluding carboxylic acids is 2. The van der Waals surface area contributed by atoms with E-state index in [1.165, 1.54) is 0 Å². The average Bonchev–Trinajstić information content (AvgIpc) is 3.04. The number of ether oxygens (including phenoxy) is 1. The lowest BCUT2D eigenvalue weighted by Crippen LogP contribution is -2.27. The number of carbonyl (C=O) groups is 2. The molecule has 2 aromatic carbocycles. The van der Waals surface area contributed by atoms with Crippen molar-refractivity contribution < 1.29 is 14.3 Å². The Morgan fingerprint density at radius 1 is 1.12 bits per heavy atom. The SMILES string of the molecule is COc1ccc(Nc2cc(-n3c(C)cc4c3CC(C)(C)CC4=O)ccc2C(N)=O)c(Cl)c1. The molecule has 0 radical (unpaired) electrons. The van der Waals surface area contributed by atoms with Crippen LogP contribution in [0.2, 0.25) is 5.02 Å². The number of nitrogens with one attached hydrogen (secondary N) is 1. The van der Waals surface area contributed by atoms with Crippen LogP contribution in [0.5, 0.6) is 5.75 Å². The molecule has 166 valence electrons. The van der Waals surface area contributed by atoms with Crippen molar-refractivity contribution in [1.29, 1.82) is 0 Å². The zero-order chi connectivity index (χ0) is 23.2. The van der Waals surface area contributed by atoms with E-state index < -0.39 is 5.91 Å². The first-order valence-electron chi connectivity index (χ1n) is 10.4. The summed E-state index contributed by atoms with van der Waals surface area (Å²) < 4.78 is 7.29. The zero-order valence-electron chi connectivity index (χ0n) is 18.6. The van der Waals surface area contributed by atoms with Crippen molar-refractivity contribution in [3.63, 3.8) is 0 Å². The second kappa shape index (κ2) is 8.02. The molecule has 32 heavy (non-hydrogen) atoms. The molecule has 1 heterocycles. The molecule has 4 rings (SSSR count). The second-order valence-electron chi connectivity index (χ2n) is 8.99. The van der Waals surface area contributed by atoms with Crippen LogP contribution in [-0.2, 0) is 6.42 Å². The Bertz CT molecular complexity index is 1240. The first-order valence-corrected chi connectivity index (χ1v) is 10.8. The van der Waals surface area contributed by atoms with Crippen LogP contribution >= 0.6 is 11.6 Å². The van der Waals surface area contributed by atoms with Gasteiger partial charge in [-0.05, 0) is 55.2 Å². The maximum atomic E-state index is 12.7. The van der Waals surface area contributed by atoms with E-state index in [1.807, 2.05) is 25.1 Å². The predicted octanol–water partition coefficient (Wildman–Crippen LogP) is 5.45. The van der Waals surface area contributed by atoms with Gasteiger partial charge in [-0.25, -0.2) is 0 Å². The first kappa shape index (κ1) is 22.0. The van der Waals surface area contributed by atoms with Gasteiger partial charge in [0.25, 0.3) is 5.91 Å². The van der Waals surface area contributed by atoms with Crippen molar-refractivity contribution in [3.05, 3.63) is 70.0 Å². The largest absolute Gasteiger partial charge is 0.497 e. The Morgan fingerprint density at radius 2 is 1.88 bits per heavy atom. The molecule has 0 fully saturated rings. The van der Waals surface area contributed by atoms with Gasteiger partial charge in [0.15, 0.2) is 5.78 Å². The third kappa shape index (κ3) is 3.98. The number of hydrogen-bond acceptors (Lipinski definition) is 4. The monoisotopic (exact) mass is 451 g/mol. The van der Waals surface area contributed by atoms with Gasteiger partial charge in [-0.1, -0.05) is 25.4 Å². The number of amides is 1. The number of nitrogens with zero attached hydrogens (tertiary/aromatic N) is 1. The van der Waals surface area contributed by atoms with Crippen molar-refractivity contribution >= 4 is 34.7 Å². The van der Waals surface area contributed by atoms with Gasteiger partial charge < -0.3 is 20.4 Å².